The summed E-state index contributed by atoms with van der Waals surface area (Å²) in [4.78, 5) is 68.5. The highest BCUT2D eigenvalue weighted by molar-refractivity contribution is 7.91. The molecule has 2 amide bonds. The molecule has 0 unspecified atom stereocenters. The monoisotopic (exact) mass is 853 g/mol. The number of allylic oxidation sites excluding steroid dienone is 2. The lowest BCUT2D eigenvalue weighted by molar-refractivity contribution is -0.143. The second-order valence-corrected chi connectivity index (χ2v) is 21.1. The number of carbonyl (C=O) groups is 4. The standard InChI is InChI=1S/C47H59N5O8S/c1-29-9-7-8-10-32-26-47(32,45(56)49-61(57,58)46(3)18-19-46)27-41(54)39-24-34(60-43-36-15-16-38-42(35(36)17-20-48-43)59-22-21-51(38)6)28-52(39)44(55)37(30(2)23-29)25-40(53)31-11-13-33(14-12-31)50(4)5/h8,10-17,20,29-30,32,34,37,39H,7,9,18-19,21-28H2,1-6H3,(H,49,56)/b10-8-/t29-,30+,32+,34+,37-,39-,47+/m0/s1. The Morgan fingerprint density at radius 2 is 1.79 bits per heavy atom. The minimum atomic E-state index is -3.96. The first kappa shape index (κ1) is 42.7. The van der Waals surface area contributed by atoms with Crippen molar-refractivity contribution < 1.29 is 37.1 Å². The van der Waals surface area contributed by atoms with Gasteiger partial charge < -0.3 is 24.2 Å². The van der Waals surface area contributed by atoms with Crippen molar-refractivity contribution in [1.29, 1.82) is 0 Å². The number of rotatable bonds is 9. The van der Waals surface area contributed by atoms with Crippen LogP contribution in [0.2, 0.25) is 0 Å². The molecular formula is C47H59N5O8S. The Labute approximate surface area is 359 Å². The maximum atomic E-state index is 15.2. The maximum Gasteiger partial charge on any atom is 0.240 e. The summed E-state index contributed by atoms with van der Waals surface area (Å²) in [5.74, 6) is -1.41. The van der Waals surface area contributed by atoms with Gasteiger partial charge in [0.25, 0.3) is 0 Å². The van der Waals surface area contributed by atoms with Crippen LogP contribution >= 0.6 is 0 Å². The number of amides is 2. The van der Waals surface area contributed by atoms with Crippen LogP contribution in [0.25, 0.3) is 10.8 Å². The lowest BCUT2D eigenvalue weighted by Gasteiger charge is -2.32. The van der Waals surface area contributed by atoms with E-state index in [9.17, 15) is 22.8 Å². The molecule has 0 bridgehead atoms. The van der Waals surface area contributed by atoms with Crippen LogP contribution in [0.5, 0.6) is 11.6 Å². The smallest absolute Gasteiger partial charge is 0.240 e. The number of carbonyl (C=O) groups excluding carboxylic acids is 4. The Morgan fingerprint density at radius 3 is 2.51 bits per heavy atom. The summed E-state index contributed by atoms with van der Waals surface area (Å²) in [5.41, 5.74) is 1.15. The molecule has 61 heavy (non-hydrogen) atoms. The van der Waals surface area contributed by atoms with Crippen LogP contribution in [0, 0.1) is 29.1 Å². The number of ether oxygens (including phenoxy) is 2. The van der Waals surface area contributed by atoms with Crippen LogP contribution in [-0.2, 0) is 24.4 Å². The van der Waals surface area contributed by atoms with Gasteiger partial charge in [-0.15, -0.1) is 0 Å². The number of nitrogens with zero attached hydrogens (tertiary/aromatic N) is 4. The Balaban J connectivity index is 1.13. The summed E-state index contributed by atoms with van der Waals surface area (Å²) in [5, 5.41) is 1.57. The van der Waals surface area contributed by atoms with Crippen LogP contribution in [0.4, 0.5) is 11.4 Å². The molecule has 2 aliphatic carbocycles. The number of hydrogen-bond acceptors (Lipinski definition) is 11. The number of aromatic nitrogens is 1. The lowest BCUT2D eigenvalue weighted by atomic mass is 9.80. The first-order valence-electron chi connectivity index (χ1n) is 21.8. The normalized spacial score (nSPS) is 29.2. The van der Waals surface area contributed by atoms with Gasteiger partial charge >= 0.3 is 0 Å². The molecule has 4 heterocycles. The van der Waals surface area contributed by atoms with Crippen molar-refractivity contribution in [3.8, 4) is 11.6 Å². The molecule has 3 aromatic rings. The van der Waals surface area contributed by atoms with Gasteiger partial charge in [-0.2, -0.15) is 0 Å². The molecule has 1 saturated heterocycles. The number of benzene rings is 2. The summed E-state index contributed by atoms with van der Waals surface area (Å²) in [6.07, 6.45) is 8.38. The Morgan fingerprint density at radius 1 is 1.03 bits per heavy atom. The van der Waals surface area contributed by atoms with Crippen molar-refractivity contribution in [1.82, 2.24) is 14.6 Å². The average molecular weight is 854 g/mol. The second-order valence-electron chi connectivity index (χ2n) is 18.9. The fourth-order valence-electron chi connectivity index (χ4n) is 9.65. The Kier molecular flexibility index (Phi) is 11.5. The van der Waals surface area contributed by atoms with Crippen molar-refractivity contribution in [2.45, 2.75) is 95.5 Å². The average Bonchev–Trinajstić information content (AvgIpc) is 4.11. The highest BCUT2D eigenvalue weighted by atomic mass is 32.2. The minimum absolute atomic E-state index is 0.0354. The van der Waals surface area contributed by atoms with E-state index in [1.807, 2.05) is 75.5 Å². The number of fused-ring (bicyclic) bond motifs is 5. The third-order valence-electron chi connectivity index (χ3n) is 14.1. The summed E-state index contributed by atoms with van der Waals surface area (Å²) in [6.45, 7) is 7.16. The Hall–Kier alpha value is -4.98. The number of anilines is 2. The number of sulfonamides is 1. The number of nitrogens with one attached hydrogen (secondary N) is 1. The van der Waals surface area contributed by atoms with E-state index in [4.69, 9.17) is 9.47 Å². The van der Waals surface area contributed by atoms with E-state index in [0.717, 1.165) is 47.3 Å². The predicted octanol–water partition coefficient (Wildman–Crippen LogP) is 6.34. The molecule has 13 nitrogen and oxygen atoms in total. The molecule has 0 spiro atoms. The first-order chi connectivity index (χ1) is 29.0. The van der Waals surface area contributed by atoms with Gasteiger partial charge in [-0.25, -0.2) is 13.4 Å². The number of Topliss-reactive ketones (excluding diaryl/α,β-unsaturated/α-hetero) is 2. The van der Waals surface area contributed by atoms with Crippen molar-refractivity contribution in [3.63, 3.8) is 0 Å². The van der Waals surface area contributed by atoms with Crippen molar-refractivity contribution in [3.05, 3.63) is 66.4 Å². The van der Waals surface area contributed by atoms with E-state index >= 15 is 4.79 Å². The molecule has 2 saturated carbocycles. The Bertz CT molecular complexity index is 2360. The highest BCUT2D eigenvalue weighted by Crippen LogP contribution is 2.58. The minimum Gasteiger partial charge on any atom is -0.489 e. The fraction of sp³-hybridized carbons (Fsp3) is 0.553. The lowest BCUT2D eigenvalue weighted by Crippen LogP contribution is -2.48. The van der Waals surface area contributed by atoms with Crippen LogP contribution in [0.1, 0.15) is 88.9 Å². The van der Waals surface area contributed by atoms with Gasteiger partial charge in [0.2, 0.25) is 27.7 Å². The summed E-state index contributed by atoms with van der Waals surface area (Å²) < 4.78 is 40.8. The fourth-order valence-corrected chi connectivity index (χ4v) is 11.0. The van der Waals surface area contributed by atoms with Gasteiger partial charge in [-0.1, -0.05) is 26.0 Å². The molecule has 2 aromatic carbocycles. The zero-order chi connectivity index (χ0) is 43.4. The topological polar surface area (TPSA) is 156 Å². The van der Waals surface area contributed by atoms with Crippen LogP contribution in [-0.4, -0.2) is 99.4 Å². The van der Waals surface area contributed by atoms with Gasteiger partial charge in [-0.05, 0) is 106 Å². The second kappa shape index (κ2) is 16.4. The molecule has 3 aliphatic heterocycles. The molecule has 3 fully saturated rings. The van der Waals surface area contributed by atoms with E-state index in [0.29, 0.717) is 43.7 Å². The van der Waals surface area contributed by atoms with Crippen molar-refractivity contribution in [2.75, 3.05) is 50.6 Å². The van der Waals surface area contributed by atoms with Gasteiger partial charge in [-0.3, -0.25) is 23.9 Å². The van der Waals surface area contributed by atoms with Crippen molar-refractivity contribution >= 4 is 55.6 Å². The number of hydrogen-bond donors (Lipinski definition) is 1. The zero-order valence-electron chi connectivity index (χ0n) is 36.2. The molecule has 5 aliphatic rings. The quantitative estimate of drug-likeness (QED) is 0.189. The number of pyridine rings is 1. The number of ketones is 2. The van der Waals surface area contributed by atoms with Crippen molar-refractivity contribution in [2.24, 2.45) is 29.1 Å². The van der Waals surface area contributed by atoms with Crippen LogP contribution < -0.4 is 24.0 Å². The van der Waals surface area contributed by atoms with Crippen LogP contribution in [0.3, 0.4) is 0 Å². The third-order valence-corrected chi connectivity index (χ3v) is 16.3. The molecular weight excluding hydrogens is 795 g/mol. The van der Waals surface area contributed by atoms with E-state index in [1.54, 1.807) is 30.2 Å². The van der Waals surface area contributed by atoms with E-state index in [2.05, 4.69) is 21.5 Å². The summed E-state index contributed by atoms with van der Waals surface area (Å²) in [6, 6.07) is 12.2. The maximum absolute atomic E-state index is 15.2. The van der Waals surface area contributed by atoms with Gasteiger partial charge in [0.1, 0.15) is 12.7 Å². The van der Waals surface area contributed by atoms with E-state index in [1.165, 1.54) is 0 Å². The van der Waals surface area contributed by atoms with Gasteiger partial charge in [0, 0.05) is 74.5 Å². The largest absolute Gasteiger partial charge is 0.489 e. The van der Waals surface area contributed by atoms with Crippen LogP contribution in [0.15, 0.2) is 60.8 Å². The molecule has 1 aromatic heterocycles. The van der Waals surface area contributed by atoms with Gasteiger partial charge in [0.15, 0.2) is 17.3 Å². The van der Waals surface area contributed by atoms with E-state index < -0.39 is 44.2 Å². The molecule has 0 radical (unpaired) electrons. The first-order valence-corrected chi connectivity index (χ1v) is 23.3. The van der Waals surface area contributed by atoms with Gasteiger partial charge in [0.05, 0.1) is 35.0 Å². The molecule has 14 heteroatoms. The number of likely N-dealkylation sites (N-methyl/N-ethyl adjacent to an activating group) is 1. The molecule has 8 rings (SSSR count). The molecule has 7 atom stereocenters. The highest BCUT2D eigenvalue weighted by Gasteiger charge is 2.62. The zero-order valence-corrected chi connectivity index (χ0v) is 37.0. The SMILES string of the molecule is C[C@H]1CC/C=C\[C@@H]2C[C@@]2(C(=O)NS(=O)(=O)C2(C)CC2)CC(=O)[C@@H]2C[C@@H](Oc3nccc4c5c(ccc34)N(C)CCO5)CN2C(=O)[C@@H](CC(=O)c2ccc(N(C)C)cc2)[C@H](C)C1. The summed E-state index contributed by atoms with van der Waals surface area (Å²) in [7, 11) is 1.92. The summed E-state index contributed by atoms with van der Waals surface area (Å²) >= 11 is 0. The van der Waals surface area contributed by atoms with E-state index in [-0.39, 0.29) is 61.0 Å². The third kappa shape index (κ3) is 8.36. The molecule has 326 valence electrons. The molecule has 1 N–H and O–H groups in total. The predicted molar refractivity (Wildman–Crippen MR) is 234 cm³/mol.